The Bertz CT molecular complexity index is 796. The molecule has 3 rings (SSSR count). The molecule has 1 fully saturated rings. The number of hydrogen-bond donors (Lipinski definition) is 1. The van der Waals surface area contributed by atoms with E-state index in [2.05, 4.69) is 20.4 Å². The predicted octanol–water partition coefficient (Wildman–Crippen LogP) is 1.06. The lowest BCUT2D eigenvalue weighted by atomic mass is 10.2. The van der Waals surface area contributed by atoms with Crippen LogP contribution >= 0.6 is 0 Å². The van der Waals surface area contributed by atoms with Crippen molar-refractivity contribution < 1.29 is 8.42 Å². The summed E-state index contributed by atoms with van der Waals surface area (Å²) in [5, 5.41) is 7.75. The van der Waals surface area contributed by atoms with Crippen LogP contribution in [0, 0.1) is 13.8 Å². The molecule has 1 aliphatic rings. The Kier molecular flexibility index (Phi) is 3.35. The summed E-state index contributed by atoms with van der Waals surface area (Å²) in [7, 11) is -2.92. The monoisotopic (exact) mass is 309 g/mol. The maximum Gasteiger partial charge on any atom is 0.156 e. The number of rotatable bonds is 3. The fraction of sp³-hybridized carbons (Fsp3) is 0.615. The van der Waals surface area contributed by atoms with E-state index in [1.54, 1.807) is 0 Å². The van der Waals surface area contributed by atoms with Gasteiger partial charge >= 0.3 is 0 Å². The second kappa shape index (κ2) is 4.94. The molecule has 7 nitrogen and oxygen atoms in total. The van der Waals surface area contributed by atoms with E-state index in [4.69, 9.17) is 0 Å². The summed E-state index contributed by atoms with van der Waals surface area (Å²) in [6.07, 6.45) is 0.617. The second-order valence-corrected chi connectivity index (χ2v) is 7.69. The minimum atomic E-state index is -2.92. The molecule has 1 saturated heterocycles. The van der Waals surface area contributed by atoms with E-state index in [-0.39, 0.29) is 17.5 Å². The maximum absolute atomic E-state index is 11.6. The molecule has 1 N–H and O–H groups in total. The van der Waals surface area contributed by atoms with E-state index in [9.17, 15) is 8.42 Å². The van der Waals surface area contributed by atoms with Gasteiger partial charge in [0, 0.05) is 12.6 Å². The quantitative estimate of drug-likeness (QED) is 0.912. The summed E-state index contributed by atoms with van der Waals surface area (Å²) in [6, 6.07) is -0.0898. The maximum atomic E-state index is 11.6. The highest BCUT2D eigenvalue weighted by atomic mass is 32.2. The van der Waals surface area contributed by atoms with Gasteiger partial charge in [-0.1, -0.05) is 0 Å². The number of anilines is 1. The summed E-state index contributed by atoms with van der Waals surface area (Å²) in [5.41, 5.74) is 2.54. The van der Waals surface area contributed by atoms with Gasteiger partial charge in [0.25, 0.3) is 0 Å². The first-order valence-electron chi connectivity index (χ1n) is 7.08. The highest BCUT2D eigenvalue weighted by Gasteiger charge is 2.29. The molecule has 0 aromatic carbocycles. The van der Waals surface area contributed by atoms with E-state index in [0.717, 1.165) is 16.7 Å². The van der Waals surface area contributed by atoms with Crippen LogP contribution in [0.25, 0.3) is 11.0 Å². The molecule has 8 heteroatoms. The first-order chi connectivity index (χ1) is 9.89. The number of aromatic nitrogens is 4. The van der Waals surface area contributed by atoms with Crippen molar-refractivity contribution in [2.24, 2.45) is 0 Å². The van der Waals surface area contributed by atoms with Crippen molar-refractivity contribution in [1.82, 2.24) is 19.7 Å². The second-order valence-electron chi connectivity index (χ2n) is 5.46. The lowest BCUT2D eigenvalue weighted by Crippen LogP contribution is -2.22. The third-order valence-corrected chi connectivity index (χ3v) is 5.51. The zero-order valence-electron chi connectivity index (χ0n) is 12.4. The van der Waals surface area contributed by atoms with Gasteiger partial charge in [0.2, 0.25) is 0 Å². The molecular weight excluding hydrogens is 290 g/mol. The van der Waals surface area contributed by atoms with Crippen LogP contribution in [0.4, 0.5) is 5.82 Å². The van der Waals surface area contributed by atoms with E-state index in [1.807, 2.05) is 25.5 Å². The fourth-order valence-corrected chi connectivity index (χ4v) is 4.45. The molecule has 0 spiro atoms. The summed E-state index contributed by atoms with van der Waals surface area (Å²) >= 11 is 0. The Morgan fingerprint density at radius 2 is 2.10 bits per heavy atom. The number of nitrogens with zero attached hydrogens (tertiary/aromatic N) is 4. The fourth-order valence-electron chi connectivity index (χ4n) is 2.77. The smallest absolute Gasteiger partial charge is 0.156 e. The zero-order valence-corrected chi connectivity index (χ0v) is 13.2. The van der Waals surface area contributed by atoms with Crippen molar-refractivity contribution in [3.63, 3.8) is 0 Å². The van der Waals surface area contributed by atoms with Crippen LogP contribution in [0.5, 0.6) is 0 Å². The normalized spacial score (nSPS) is 21.0. The number of aryl methyl sites for hydroxylation is 3. The number of hydrogen-bond acceptors (Lipinski definition) is 6. The molecule has 1 aliphatic heterocycles. The van der Waals surface area contributed by atoms with E-state index < -0.39 is 9.84 Å². The number of sulfone groups is 1. The van der Waals surface area contributed by atoms with Crippen LogP contribution in [0.3, 0.4) is 0 Å². The third kappa shape index (κ3) is 2.59. The first-order valence-corrected chi connectivity index (χ1v) is 8.90. The zero-order chi connectivity index (χ0) is 15.2. The van der Waals surface area contributed by atoms with E-state index in [1.165, 1.54) is 0 Å². The van der Waals surface area contributed by atoms with Gasteiger partial charge in [0.15, 0.2) is 15.7 Å². The van der Waals surface area contributed by atoms with Gasteiger partial charge in [-0.3, -0.25) is 4.68 Å². The Balaban J connectivity index is 2.05. The van der Waals surface area contributed by atoms with Crippen molar-refractivity contribution in [3.05, 3.63) is 11.5 Å². The summed E-state index contributed by atoms with van der Waals surface area (Å²) in [4.78, 5) is 8.91. The standard InChI is InChI=1S/C13H19N5O2S/c1-4-18-12-11(8(2)17-18)14-9(3)15-13(12)16-10-5-6-21(19,20)7-10/h10H,4-7H2,1-3H3,(H,14,15,16)/t10-/m1/s1. The molecule has 0 amide bonds. The van der Waals surface area contributed by atoms with Crippen molar-refractivity contribution in [1.29, 1.82) is 0 Å². The molecule has 2 aromatic heterocycles. The van der Waals surface area contributed by atoms with Crippen molar-refractivity contribution in [2.75, 3.05) is 16.8 Å². The van der Waals surface area contributed by atoms with Gasteiger partial charge in [-0.15, -0.1) is 0 Å². The van der Waals surface area contributed by atoms with Crippen LogP contribution in [-0.2, 0) is 16.4 Å². The number of fused-ring (bicyclic) bond motifs is 1. The third-order valence-electron chi connectivity index (χ3n) is 3.74. The molecule has 0 aliphatic carbocycles. The van der Waals surface area contributed by atoms with Gasteiger partial charge in [0.1, 0.15) is 16.9 Å². The summed E-state index contributed by atoms with van der Waals surface area (Å²) < 4.78 is 25.1. The van der Waals surface area contributed by atoms with E-state index in [0.29, 0.717) is 24.6 Å². The molecule has 114 valence electrons. The van der Waals surface area contributed by atoms with Crippen LogP contribution < -0.4 is 5.32 Å². The van der Waals surface area contributed by atoms with Crippen LogP contribution in [0.15, 0.2) is 0 Å². The average molecular weight is 309 g/mol. The molecule has 0 saturated carbocycles. The van der Waals surface area contributed by atoms with Gasteiger partial charge in [-0.2, -0.15) is 5.10 Å². The van der Waals surface area contributed by atoms with Crippen molar-refractivity contribution in [3.8, 4) is 0 Å². The minimum absolute atomic E-state index is 0.0898. The topological polar surface area (TPSA) is 89.8 Å². The van der Waals surface area contributed by atoms with Gasteiger partial charge in [0.05, 0.1) is 17.2 Å². The average Bonchev–Trinajstić information content (AvgIpc) is 2.90. The summed E-state index contributed by atoms with van der Waals surface area (Å²) in [6.45, 7) is 6.48. The molecule has 2 aromatic rings. The molecule has 0 unspecified atom stereocenters. The van der Waals surface area contributed by atoms with E-state index >= 15 is 0 Å². The molecule has 1 atom stereocenters. The Hall–Kier alpha value is -1.70. The molecule has 21 heavy (non-hydrogen) atoms. The van der Waals surface area contributed by atoms with Crippen molar-refractivity contribution in [2.45, 2.75) is 39.8 Å². The molecule has 0 bridgehead atoms. The Morgan fingerprint density at radius 3 is 2.71 bits per heavy atom. The molecule has 0 radical (unpaired) electrons. The Morgan fingerprint density at radius 1 is 1.33 bits per heavy atom. The largest absolute Gasteiger partial charge is 0.364 e. The number of nitrogens with one attached hydrogen (secondary N) is 1. The van der Waals surface area contributed by atoms with Crippen LogP contribution in [0.1, 0.15) is 24.9 Å². The van der Waals surface area contributed by atoms with Crippen molar-refractivity contribution >= 4 is 26.7 Å². The highest BCUT2D eigenvalue weighted by Crippen LogP contribution is 2.25. The highest BCUT2D eigenvalue weighted by molar-refractivity contribution is 7.91. The van der Waals surface area contributed by atoms with Crippen LogP contribution in [-0.4, -0.2) is 45.7 Å². The van der Waals surface area contributed by atoms with Gasteiger partial charge in [-0.25, -0.2) is 18.4 Å². The van der Waals surface area contributed by atoms with Crippen LogP contribution in [0.2, 0.25) is 0 Å². The predicted molar refractivity (Wildman–Crippen MR) is 81.2 cm³/mol. The lowest BCUT2D eigenvalue weighted by Gasteiger charge is -2.13. The summed E-state index contributed by atoms with van der Waals surface area (Å²) in [5.74, 6) is 1.74. The van der Waals surface area contributed by atoms with Gasteiger partial charge < -0.3 is 5.32 Å². The SMILES string of the molecule is CCn1nc(C)c2nc(C)nc(N[C@@H]3CCS(=O)(=O)C3)c21. The lowest BCUT2D eigenvalue weighted by molar-refractivity contribution is 0.602. The minimum Gasteiger partial charge on any atom is -0.364 e. The van der Waals surface area contributed by atoms with Gasteiger partial charge in [-0.05, 0) is 27.2 Å². The first kappa shape index (κ1) is 14.2. The Labute approximate surface area is 123 Å². The molecule has 3 heterocycles. The molecular formula is C13H19N5O2S.